The number of Topliss-reactive ketones (excluding diaryl/α,β-unsaturated/α-hetero) is 1. The van der Waals surface area contributed by atoms with E-state index in [4.69, 9.17) is 0 Å². The molecule has 0 bridgehead atoms. The second kappa shape index (κ2) is 12.2. The average molecular weight is 563 g/mol. The van der Waals surface area contributed by atoms with Gasteiger partial charge in [0.2, 0.25) is 0 Å². The SMILES string of the molecule is Cc1cccc(NC(=O)N2C(C=Cc3ccccc3)C(C(=O)c3cccc(C)c3)C(c3ccc(F)cc3)C2C(=O)O)c1. The summed E-state index contributed by atoms with van der Waals surface area (Å²) < 4.78 is 14.0. The number of ketones is 1. The average Bonchev–Trinajstić information content (AvgIpc) is 3.32. The van der Waals surface area contributed by atoms with Gasteiger partial charge < -0.3 is 15.3 Å². The minimum atomic E-state index is -1.41. The molecule has 5 rings (SSSR count). The number of carboxylic acids is 1. The third-order valence-electron chi connectivity index (χ3n) is 7.62. The Balaban J connectivity index is 1.69. The molecule has 7 heteroatoms. The van der Waals surface area contributed by atoms with Crippen LogP contribution in [0.1, 0.15) is 38.5 Å². The number of urea groups is 1. The zero-order chi connectivity index (χ0) is 29.8. The summed E-state index contributed by atoms with van der Waals surface area (Å²) in [6, 6.07) is 26.1. The van der Waals surface area contributed by atoms with E-state index in [2.05, 4.69) is 5.32 Å². The summed E-state index contributed by atoms with van der Waals surface area (Å²) in [5, 5.41) is 13.5. The van der Waals surface area contributed by atoms with E-state index in [9.17, 15) is 23.9 Å². The summed E-state index contributed by atoms with van der Waals surface area (Å²) in [5.74, 6) is -3.97. The summed E-state index contributed by atoms with van der Waals surface area (Å²) in [5.41, 5.74) is 3.99. The monoisotopic (exact) mass is 562 g/mol. The van der Waals surface area contributed by atoms with E-state index in [1.165, 1.54) is 29.2 Å². The fourth-order valence-electron chi connectivity index (χ4n) is 5.76. The van der Waals surface area contributed by atoms with Crippen LogP contribution in [0.15, 0.2) is 109 Å². The number of aryl methyl sites for hydroxylation is 2. The van der Waals surface area contributed by atoms with Crippen LogP contribution in [0.5, 0.6) is 0 Å². The topological polar surface area (TPSA) is 86.7 Å². The Morgan fingerprint density at radius 3 is 2.14 bits per heavy atom. The van der Waals surface area contributed by atoms with Crippen LogP contribution in [0, 0.1) is 25.6 Å². The summed E-state index contributed by atoms with van der Waals surface area (Å²) in [7, 11) is 0. The number of nitrogens with one attached hydrogen (secondary N) is 1. The highest BCUT2D eigenvalue weighted by atomic mass is 19.1. The van der Waals surface area contributed by atoms with Crippen molar-refractivity contribution in [3.05, 3.63) is 143 Å². The van der Waals surface area contributed by atoms with Gasteiger partial charge in [0.1, 0.15) is 11.9 Å². The lowest BCUT2D eigenvalue weighted by molar-refractivity contribution is -0.141. The fourth-order valence-corrected chi connectivity index (χ4v) is 5.76. The highest BCUT2D eigenvalue weighted by molar-refractivity contribution is 6.02. The predicted molar refractivity (Wildman–Crippen MR) is 161 cm³/mol. The Kier molecular flexibility index (Phi) is 8.29. The van der Waals surface area contributed by atoms with Gasteiger partial charge in [0.25, 0.3) is 0 Å². The normalized spacial score (nSPS) is 20.0. The highest BCUT2D eigenvalue weighted by Gasteiger charge is 2.56. The Morgan fingerprint density at radius 2 is 1.50 bits per heavy atom. The minimum Gasteiger partial charge on any atom is -0.480 e. The fraction of sp³-hybridized carbons (Fsp3) is 0.171. The van der Waals surface area contributed by atoms with E-state index in [-0.39, 0.29) is 5.78 Å². The second-order valence-corrected chi connectivity index (χ2v) is 10.6. The number of carboxylic acid groups (broad SMARTS) is 1. The van der Waals surface area contributed by atoms with Crippen molar-refractivity contribution in [1.82, 2.24) is 4.90 Å². The molecule has 1 aliphatic rings. The zero-order valence-corrected chi connectivity index (χ0v) is 23.3. The first-order valence-electron chi connectivity index (χ1n) is 13.7. The van der Waals surface area contributed by atoms with Crippen molar-refractivity contribution in [2.24, 2.45) is 5.92 Å². The van der Waals surface area contributed by atoms with Crippen molar-refractivity contribution >= 4 is 29.5 Å². The maximum absolute atomic E-state index is 14.4. The number of nitrogens with zero attached hydrogens (tertiary/aromatic N) is 1. The number of likely N-dealkylation sites (tertiary alicyclic amines) is 1. The first kappa shape index (κ1) is 28.5. The number of benzene rings is 4. The number of amides is 2. The number of aliphatic carboxylic acids is 1. The van der Waals surface area contributed by atoms with Crippen molar-refractivity contribution in [3.63, 3.8) is 0 Å². The smallest absolute Gasteiger partial charge is 0.327 e. The molecule has 0 radical (unpaired) electrons. The summed E-state index contributed by atoms with van der Waals surface area (Å²) in [4.78, 5) is 42.6. The van der Waals surface area contributed by atoms with E-state index in [1.807, 2.05) is 56.3 Å². The van der Waals surface area contributed by atoms with Crippen LogP contribution in [0.25, 0.3) is 6.08 Å². The molecule has 1 heterocycles. The first-order valence-corrected chi connectivity index (χ1v) is 13.7. The molecule has 0 aliphatic carbocycles. The Hall–Kier alpha value is -5.04. The molecule has 0 aromatic heterocycles. The van der Waals surface area contributed by atoms with Gasteiger partial charge in [-0.15, -0.1) is 0 Å². The van der Waals surface area contributed by atoms with Gasteiger partial charge in [0.05, 0.1) is 12.0 Å². The van der Waals surface area contributed by atoms with Gasteiger partial charge in [-0.3, -0.25) is 4.79 Å². The van der Waals surface area contributed by atoms with Crippen molar-refractivity contribution in [2.75, 3.05) is 5.32 Å². The molecule has 4 unspecified atom stereocenters. The Morgan fingerprint density at radius 1 is 0.833 bits per heavy atom. The molecule has 6 nitrogen and oxygen atoms in total. The van der Waals surface area contributed by atoms with Gasteiger partial charge in [0.15, 0.2) is 5.78 Å². The molecule has 0 saturated carbocycles. The Labute approximate surface area is 244 Å². The summed E-state index contributed by atoms with van der Waals surface area (Å²) in [6.07, 6.45) is 3.52. The maximum Gasteiger partial charge on any atom is 0.327 e. The van der Waals surface area contributed by atoms with Gasteiger partial charge in [-0.25, -0.2) is 14.0 Å². The van der Waals surface area contributed by atoms with E-state index in [0.717, 1.165) is 16.7 Å². The molecule has 1 saturated heterocycles. The van der Waals surface area contributed by atoms with Gasteiger partial charge >= 0.3 is 12.0 Å². The standard InChI is InChI=1S/C35H31FN2O4/c1-22-8-6-12-26(20-22)33(39)31-29(19-14-24-10-4-3-5-11-24)38(35(42)37-28-13-7-9-23(2)21-28)32(34(40)41)30(31)25-15-17-27(36)18-16-25/h3-21,29-32H,1-2H3,(H,37,42)(H,40,41). The number of carbonyl (C=O) groups excluding carboxylic acids is 2. The molecule has 2 amide bonds. The lowest BCUT2D eigenvalue weighted by Crippen LogP contribution is -2.48. The van der Waals surface area contributed by atoms with Gasteiger partial charge in [-0.05, 0) is 60.9 Å². The molecule has 1 fully saturated rings. The highest BCUT2D eigenvalue weighted by Crippen LogP contribution is 2.45. The first-order chi connectivity index (χ1) is 20.2. The molecule has 212 valence electrons. The summed E-state index contributed by atoms with van der Waals surface area (Å²) >= 11 is 0. The number of halogens is 1. The third kappa shape index (κ3) is 6.00. The van der Waals surface area contributed by atoms with Gasteiger partial charge in [-0.2, -0.15) is 0 Å². The lowest BCUT2D eigenvalue weighted by Gasteiger charge is -2.28. The van der Waals surface area contributed by atoms with Crippen LogP contribution >= 0.6 is 0 Å². The molecule has 4 aromatic rings. The van der Waals surface area contributed by atoms with Crippen molar-refractivity contribution in [3.8, 4) is 0 Å². The third-order valence-corrected chi connectivity index (χ3v) is 7.62. The van der Waals surface area contributed by atoms with Crippen LogP contribution in [-0.4, -0.2) is 39.9 Å². The molecule has 0 spiro atoms. The molecular weight excluding hydrogens is 531 g/mol. The minimum absolute atomic E-state index is 0.298. The molecule has 42 heavy (non-hydrogen) atoms. The van der Waals surface area contributed by atoms with E-state index < -0.39 is 41.7 Å². The number of rotatable bonds is 7. The Bertz CT molecular complexity index is 1630. The zero-order valence-electron chi connectivity index (χ0n) is 23.3. The molecule has 1 aliphatic heterocycles. The second-order valence-electron chi connectivity index (χ2n) is 10.6. The predicted octanol–water partition coefficient (Wildman–Crippen LogP) is 7.11. The van der Waals surface area contributed by atoms with Crippen LogP contribution in [-0.2, 0) is 4.79 Å². The molecule has 4 atom stereocenters. The van der Waals surface area contributed by atoms with Crippen LogP contribution < -0.4 is 5.32 Å². The van der Waals surface area contributed by atoms with Gasteiger partial charge in [-0.1, -0.05) is 90.5 Å². The molecule has 4 aromatic carbocycles. The number of anilines is 1. The van der Waals surface area contributed by atoms with Gasteiger partial charge in [0, 0.05) is 17.2 Å². The van der Waals surface area contributed by atoms with E-state index in [0.29, 0.717) is 16.8 Å². The molecular formula is C35H31FN2O4. The van der Waals surface area contributed by atoms with Crippen LogP contribution in [0.4, 0.5) is 14.9 Å². The van der Waals surface area contributed by atoms with Crippen LogP contribution in [0.3, 0.4) is 0 Å². The number of hydrogen-bond acceptors (Lipinski definition) is 3. The maximum atomic E-state index is 14.4. The van der Waals surface area contributed by atoms with E-state index in [1.54, 1.807) is 48.6 Å². The quantitative estimate of drug-likeness (QED) is 0.235. The number of carbonyl (C=O) groups is 3. The van der Waals surface area contributed by atoms with E-state index >= 15 is 0 Å². The van der Waals surface area contributed by atoms with Crippen molar-refractivity contribution in [2.45, 2.75) is 31.8 Å². The summed E-state index contributed by atoms with van der Waals surface area (Å²) in [6.45, 7) is 3.76. The van der Waals surface area contributed by atoms with Crippen molar-refractivity contribution < 1.29 is 23.9 Å². The molecule has 2 N–H and O–H groups in total. The lowest BCUT2D eigenvalue weighted by atomic mass is 9.77. The van der Waals surface area contributed by atoms with Crippen molar-refractivity contribution in [1.29, 1.82) is 0 Å². The van der Waals surface area contributed by atoms with Crippen LogP contribution in [0.2, 0.25) is 0 Å². The largest absolute Gasteiger partial charge is 0.480 e. The number of hydrogen-bond donors (Lipinski definition) is 2.